The van der Waals surface area contributed by atoms with Crippen LogP contribution >= 0.6 is 0 Å². The Morgan fingerprint density at radius 2 is 2.08 bits per heavy atom. The molecular formula is C12H18. The van der Waals surface area contributed by atoms with E-state index in [4.69, 9.17) is 0 Å². The van der Waals surface area contributed by atoms with E-state index in [1.54, 1.807) is 0 Å². The number of hydrogen-bond acceptors (Lipinski definition) is 0. The molecule has 0 spiro atoms. The van der Waals surface area contributed by atoms with Crippen LogP contribution in [0.3, 0.4) is 0 Å². The van der Waals surface area contributed by atoms with Crippen molar-refractivity contribution >= 4 is 0 Å². The first kappa shape index (κ1) is 11.0. The molecule has 0 radical (unpaired) electrons. The monoisotopic (exact) mass is 162 g/mol. The van der Waals surface area contributed by atoms with Crippen molar-refractivity contribution in [1.82, 2.24) is 0 Å². The Morgan fingerprint density at radius 1 is 1.42 bits per heavy atom. The van der Waals surface area contributed by atoms with E-state index >= 15 is 0 Å². The van der Waals surface area contributed by atoms with E-state index in [0.29, 0.717) is 0 Å². The number of hydrogen-bond donors (Lipinski definition) is 0. The van der Waals surface area contributed by atoms with E-state index in [9.17, 15) is 0 Å². The molecule has 0 aliphatic carbocycles. The lowest BCUT2D eigenvalue weighted by molar-refractivity contribution is 1.12. The molecule has 0 rings (SSSR count). The Morgan fingerprint density at radius 3 is 2.42 bits per heavy atom. The highest BCUT2D eigenvalue weighted by molar-refractivity contribution is 5.38. The molecule has 0 aromatic carbocycles. The Labute approximate surface area is 76.0 Å². The SMILES string of the molecule is C=C=C(CC)/C(C=CCC)=C/C. The highest BCUT2D eigenvalue weighted by Crippen LogP contribution is 2.13. The van der Waals surface area contributed by atoms with Crippen LogP contribution in [-0.2, 0) is 0 Å². The summed E-state index contributed by atoms with van der Waals surface area (Å²) in [5, 5.41) is 0. The van der Waals surface area contributed by atoms with E-state index in [-0.39, 0.29) is 0 Å². The normalized spacial score (nSPS) is 11.8. The van der Waals surface area contributed by atoms with E-state index < -0.39 is 0 Å². The second kappa shape index (κ2) is 6.69. The molecule has 66 valence electrons. The van der Waals surface area contributed by atoms with Crippen molar-refractivity contribution in [2.45, 2.75) is 33.6 Å². The summed E-state index contributed by atoms with van der Waals surface area (Å²) in [6.45, 7) is 9.97. The molecule has 0 heteroatoms. The smallest absolute Gasteiger partial charge is 0.0000360 e. The van der Waals surface area contributed by atoms with Crippen molar-refractivity contribution in [1.29, 1.82) is 0 Å². The van der Waals surface area contributed by atoms with Gasteiger partial charge in [-0.3, -0.25) is 0 Å². The zero-order valence-electron chi connectivity index (χ0n) is 8.35. The van der Waals surface area contributed by atoms with Gasteiger partial charge >= 0.3 is 0 Å². The summed E-state index contributed by atoms with van der Waals surface area (Å²) >= 11 is 0. The van der Waals surface area contributed by atoms with Crippen molar-refractivity contribution in [2.75, 3.05) is 0 Å². The fourth-order valence-corrected chi connectivity index (χ4v) is 1.05. The topological polar surface area (TPSA) is 0 Å². The zero-order valence-corrected chi connectivity index (χ0v) is 8.35. The molecule has 0 N–H and O–H groups in total. The first-order valence-electron chi connectivity index (χ1n) is 4.52. The summed E-state index contributed by atoms with van der Waals surface area (Å²) in [5.41, 5.74) is 5.40. The lowest BCUT2D eigenvalue weighted by Gasteiger charge is -2.00. The molecule has 0 fully saturated rings. The van der Waals surface area contributed by atoms with Crippen LogP contribution in [0, 0.1) is 0 Å². The molecule has 0 aliphatic heterocycles. The maximum absolute atomic E-state index is 3.67. The zero-order chi connectivity index (χ0) is 9.40. The van der Waals surface area contributed by atoms with E-state index in [0.717, 1.165) is 12.8 Å². The minimum absolute atomic E-state index is 0.997. The van der Waals surface area contributed by atoms with Crippen molar-refractivity contribution < 1.29 is 0 Å². The van der Waals surface area contributed by atoms with Gasteiger partial charge in [-0.1, -0.05) is 38.7 Å². The second-order valence-corrected chi connectivity index (χ2v) is 2.56. The fraction of sp³-hybridized carbons (Fsp3) is 0.417. The Hall–Kier alpha value is -1.00. The van der Waals surface area contributed by atoms with Crippen LogP contribution in [0.25, 0.3) is 0 Å². The van der Waals surface area contributed by atoms with Gasteiger partial charge in [0.2, 0.25) is 0 Å². The molecule has 0 aliphatic rings. The standard InChI is InChI=1S/C12H18/c1-5-9-10-12(8-4)11(6-2)7-3/h8-10H,2,5,7H2,1,3-4H3/b10-9?,12-8+. The summed E-state index contributed by atoms with van der Waals surface area (Å²) in [5.74, 6) is 0. The molecule has 12 heavy (non-hydrogen) atoms. The van der Waals surface area contributed by atoms with Crippen molar-refractivity contribution in [3.8, 4) is 0 Å². The summed E-state index contributed by atoms with van der Waals surface area (Å²) in [6, 6.07) is 0. The summed E-state index contributed by atoms with van der Waals surface area (Å²) in [6.07, 6.45) is 8.46. The van der Waals surface area contributed by atoms with Crippen LogP contribution in [0.4, 0.5) is 0 Å². The lowest BCUT2D eigenvalue weighted by atomic mass is 10.0. The molecule has 0 saturated carbocycles. The summed E-state index contributed by atoms with van der Waals surface area (Å²) in [4.78, 5) is 0. The average Bonchev–Trinajstić information content (AvgIpc) is 2.12. The predicted molar refractivity (Wildman–Crippen MR) is 56.1 cm³/mol. The van der Waals surface area contributed by atoms with Gasteiger partial charge in [-0.25, -0.2) is 0 Å². The van der Waals surface area contributed by atoms with Gasteiger partial charge in [-0.05, 0) is 30.9 Å². The van der Waals surface area contributed by atoms with Gasteiger partial charge in [0.05, 0.1) is 0 Å². The van der Waals surface area contributed by atoms with Crippen LogP contribution in [0.5, 0.6) is 0 Å². The van der Waals surface area contributed by atoms with Gasteiger partial charge in [-0.15, -0.1) is 5.73 Å². The molecule has 0 heterocycles. The lowest BCUT2D eigenvalue weighted by Crippen LogP contribution is -1.82. The van der Waals surface area contributed by atoms with Crippen LogP contribution < -0.4 is 0 Å². The van der Waals surface area contributed by atoms with Gasteiger partial charge < -0.3 is 0 Å². The van der Waals surface area contributed by atoms with Crippen LogP contribution in [0.15, 0.2) is 41.7 Å². The molecular weight excluding hydrogens is 144 g/mol. The maximum atomic E-state index is 3.67. The molecule has 0 aromatic rings. The van der Waals surface area contributed by atoms with Crippen molar-refractivity contribution in [3.05, 3.63) is 41.7 Å². The van der Waals surface area contributed by atoms with E-state index in [1.165, 1.54) is 11.1 Å². The Balaban J connectivity index is 4.57. The van der Waals surface area contributed by atoms with Crippen LogP contribution in [0.2, 0.25) is 0 Å². The fourth-order valence-electron chi connectivity index (χ4n) is 1.05. The molecule has 0 unspecified atom stereocenters. The third-order valence-corrected chi connectivity index (χ3v) is 1.76. The van der Waals surface area contributed by atoms with Gasteiger partial charge in [-0.2, -0.15) is 0 Å². The highest BCUT2D eigenvalue weighted by Gasteiger charge is 1.95. The minimum Gasteiger partial charge on any atom is -0.125 e. The number of rotatable bonds is 4. The van der Waals surface area contributed by atoms with Crippen LogP contribution in [-0.4, -0.2) is 0 Å². The quantitative estimate of drug-likeness (QED) is 0.432. The van der Waals surface area contributed by atoms with Crippen molar-refractivity contribution in [2.24, 2.45) is 0 Å². The first-order chi connectivity index (χ1) is 5.79. The maximum Gasteiger partial charge on any atom is -0.0000360 e. The molecule has 0 bridgehead atoms. The summed E-state index contributed by atoms with van der Waals surface area (Å²) < 4.78 is 0. The van der Waals surface area contributed by atoms with Gasteiger partial charge in [0.1, 0.15) is 0 Å². The Kier molecular flexibility index (Phi) is 6.14. The van der Waals surface area contributed by atoms with E-state index in [2.05, 4.69) is 44.4 Å². The molecule has 0 nitrogen and oxygen atoms in total. The van der Waals surface area contributed by atoms with Crippen LogP contribution in [0.1, 0.15) is 33.6 Å². The van der Waals surface area contributed by atoms with Gasteiger partial charge in [0.25, 0.3) is 0 Å². The average molecular weight is 162 g/mol. The van der Waals surface area contributed by atoms with E-state index in [1.807, 2.05) is 6.92 Å². The molecule has 0 atom stereocenters. The second-order valence-electron chi connectivity index (χ2n) is 2.56. The van der Waals surface area contributed by atoms with Crippen molar-refractivity contribution in [3.63, 3.8) is 0 Å². The third-order valence-electron chi connectivity index (χ3n) is 1.76. The Bertz CT molecular complexity index is 222. The highest BCUT2D eigenvalue weighted by atomic mass is 14.0. The molecule has 0 aromatic heterocycles. The number of allylic oxidation sites excluding steroid dienone is 5. The predicted octanol–water partition coefficient (Wildman–Crippen LogP) is 4.02. The molecule has 0 saturated heterocycles. The van der Waals surface area contributed by atoms with Gasteiger partial charge in [0.15, 0.2) is 0 Å². The minimum atomic E-state index is 0.997. The largest absolute Gasteiger partial charge is 0.125 e. The molecule has 0 amide bonds. The van der Waals surface area contributed by atoms with Gasteiger partial charge in [0, 0.05) is 0 Å². The first-order valence-corrected chi connectivity index (χ1v) is 4.52. The summed E-state index contributed by atoms with van der Waals surface area (Å²) in [7, 11) is 0. The third kappa shape index (κ3) is 3.41.